The van der Waals surface area contributed by atoms with E-state index in [4.69, 9.17) is 4.42 Å². The molecule has 0 aliphatic carbocycles. The summed E-state index contributed by atoms with van der Waals surface area (Å²) in [5.41, 5.74) is 4.35. The van der Waals surface area contributed by atoms with Crippen LogP contribution in [0.5, 0.6) is 0 Å². The van der Waals surface area contributed by atoms with Crippen molar-refractivity contribution in [3.05, 3.63) is 88.4 Å². The molecule has 5 rings (SSSR count). The number of carbonyl (C=O) groups is 2. The summed E-state index contributed by atoms with van der Waals surface area (Å²) in [6.07, 6.45) is 0. The molecule has 1 aliphatic rings. The molecule has 10 heteroatoms. The predicted molar refractivity (Wildman–Crippen MR) is 153 cm³/mol. The Morgan fingerprint density at radius 3 is 2.47 bits per heavy atom. The molecule has 2 amide bonds. The van der Waals surface area contributed by atoms with Crippen LogP contribution in [0.15, 0.2) is 86.9 Å². The third-order valence-corrected chi connectivity index (χ3v) is 7.58. The van der Waals surface area contributed by atoms with E-state index in [9.17, 15) is 9.59 Å². The highest BCUT2D eigenvalue weighted by molar-refractivity contribution is 9.10. The maximum Gasteiger partial charge on any atom is 0.277 e. The fourth-order valence-electron chi connectivity index (χ4n) is 4.24. The number of amides is 2. The van der Waals surface area contributed by atoms with Gasteiger partial charge in [-0.05, 0) is 61.0 Å². The van der Waals surface area contributed by atoms with Gasteiger partial charge >= 0.3 is 0 Å². The van der Waals surface area contributed by atoms with Crippen molar-refractivity contribution >= 4 is 50.9 Å². The quantitative estimate of drug-likeness (QED) is 0.284. The average Bonchev–Trinajstić information content (AvgIpc) is 3.42. The van der Waals surface area contributed by atoms with Crippen LogP contribution in [0, 0.1) is 6.92 Å². The van der Waals surface area contributed by atoms with Gasteiger partial charge in [-0.15, -0.1) is 10.2 Å². The van der Waals surface area contributed by atoms with Gasteiger partial charge in [-0.25, -0.2) is 0 Å². The molecular formula is C28H26BrN5O3S. The van der Waals surface area contributed by atoms with Crippen LogP contribution in [-0.2, 0) is 4.79 Å². The Balaban J connectivity index is 1.09. The van der Waals surface area contributed by atoms with Gasteiger partial charge in [0.2, 0.25) is 11.8 Å². The predicted octanol–water partition coefficient (Wildman–Crippen LogP) is 5.50. The van der Waals surface area contributed by atoms with Gasteiger partial charge in [0.15, 0.2) is 0 Å². The fraction of sp³-hybridized carbons (Fsp3) is 0.214. The molecule has 0 atom stereocenters. The molecule has 2 heterocycles. The zero-order valence-corrected chi connectivity index (χ0v) is 23.2. The van der Waals surface area contributed by atoms with Crippen LogP contribution in [-0.4, -0.2) is 58.8 Å². The molecule has 0 saturated carbocycles. The number of piperazine rings is 1. The van der Waals surface area contributed by atoms with Crippen LogP contribution in [0.3, 0.4) is 0 Å². The summed E-state index contributed by atoms with van der Waals surface area (Å²) >= 11 is 4.62. The molecule has 3 aromatic carbocycles. The maximum absolute atomic E-state index is 12.9. The van der Waals surface area contributed by atoms with Gasteiger partial charge in [-0.2, -0.15) is 0 Å². The first-order valence-electron chi connectivity index (χ1n) is 12.2. The van der Waals surface area contributed by atoms with E-state index < -0.39 is 0 Å². The molecule has 1 aliphatic heterocycles. The molecule has 1 aromatic heterocycles. The minimum atomic E-state index is -0.159. The van der Waals surface area contributed by atoms with Crippen molar-refractivity contribution in [3.8, 4) is 11.5 Å². The van der Waals surface area contributed by atoms with Crippen LogP contribution < -0.4 is 10.2 Å². The highest BCUT2D eigenvalue weighted by atomic mass is 79.9. The Labute approximate surface area is 233 Å². The second-order valence-electron chi connectivity index (χ2n) is 8.86. The minimum absolute atomic E-state index is 0.0866. The second-order valence-corrected chi connectivity index (χ2v) is 10.7. The third-order valence-electron chi connectivity index (χ3n) is 6.26. The van der Waals surface area contributed by atoms with Gasteiger partial charge in [0.25, 0.3) is 11.1 Å². The first-order valence-corrected chi connectivity index (χ1v) is 14.0. The SMILES string of the molecule is Cc1ccccc1C(=O)N1CCN(c2ccc(NC(=O)CSc3nnc(-c4cccc(Br)c4)o3)cc2)CC1. The Morgan fingerprint density at radius 1 is 0.974 bits per heavy atom. The van der Waals surface area contributed by atoms with Crippen LogP contribution in [0.4, 0.5) is 11.4 Å². The van der Waals surface area contributed by atoms with E-state index in [1.54, 1.807) is 0 Å². The van der Waals surface area contributed by atoms with Crippen molar-refractivity contribution in [2.75, 3.05) is 42.1 Å². The number of rotatable bonds is 7. The highest BCUT2D eigenvalue weighted by Crippen LogP contribution is 2.26. The molecule has 1 N–H and O–H groups in total. The van der Waals surface area contributed by atoms with Crippen LogP contribution in [0.2, 0.25) is 0 Å². The second kappa shape index (κ2) is 11.8. The molecule has 0 unspecified atom stereocenters. The van der Waals surface area contributed by atoms with Crippen molar-refractivity contribution in [2.45, 2.75) is 12.1 Å². The van der Waals surface area contributed by atoms with E-state index in [-0.39, 0.29) is 17.6 Å². The molecule has 38 heavy (non-hydrogen) atoms. The first kappa shape index (κ1) is 26.0. The lowest BCUT2D eigenvalue weighted by molar-refractivity contribution is -0.113. The highest BCUT2D eigenvalue weighted by Gasteiger charge is 2.23. The molecule has 1 fully saturated rings. The molecule has 4 aromatic rings. The first-order chi connectivity index (χ1) is 18.5. The lowest BCUT2D eigenvalue weighted by Crippen LogP contribution is -2.48. The summed E-state index contributed by atoms with van der Waals surface area (Å²) in [4.78, 5) is 29.5. The standard InChI is InChI=1S/C28H26BrN5O3S/c1-19-5-2-3-8-24(19)27(36)34-15-13-33(14-16-34)23-11-9-22(10-12-23)30-25(35)18-38-28-32-31-26(37-28)20-6-4-7-21(29)17-20/h2-12,17H,13-16,18H2,1H3,(H,30,35). The summed E-state index contributed by atoms with van der Waals surface area (Å²) in [6, 6.07) is 23.1. The van der Waals surface area contributed by atoms with Gasteiger partial charge in [-0.3, -0.25) is 9.59 Å². The number of carbonyl (C=O) groups excluding carboxylic acids is 2. The smallest absolute Gasteiger partial charge is 0.277 e. The van der Waals surface area contributed by atoms with Gasteiger partial charge < -0.3 is 19.5 Å². The number of thioether (sulfide) groups is 1. The Morgan fingerprint density at radius 2 is 1.74 bits per heavy atom. The van der Waals surface area contributed by atoms with Gasteiger partial charge in [0.1, 0.15) is 0 Å². The fourth-order valence-corrected chi connectivity index (χ4v) is 5.20. The normalized spacial score (nSPS) is 13.4. The Kier molecular flexibility index (Phi) is 8.09. The molecule has 0 radical (unpaired) electrons. The number of nitrogens with zero attached hydrogens (tertiary/aromatic N) is 4. The Hall–Kier alpha value is -3.63. The molecule has 194 valence electrons. The summed E-state index contributed by atoms with van der Waals surface area (Å²) < 4.78 is 6.59. The van der Waals surface area contributed by atoms with Crippen molar-refractivity contribution in [2.24, 2.45) is 0 Å². The van der Waals surface area contributed by atoms with Gasteiger partial charge in [-0.1, -0.05) is 52.0 Å². The number of benzene rings is 3. The van der Waals surface area contributed by atoms with E-state index >= 15 is 0 Å². The third kappa shape index (κ3) is 6.25. The Bertz CT molecular complexity index is 1430. The van der Waals surface area contributed by atoms with Crippen LogP contribution in [0.25, 0.3) is 11.5 Å². The van der Waals surface area contributed by atoms with E-state index in [1.165, 1.54) is 11.8 Å². The van der Waals surface area contributed by atoms with Crippen LogP contribution in [0.1, 0.15) is 15.9 Å². The number of hydrogen-bond donors (Lipinski definition) is 1. The number of aryl methyl sites for hydroxylation is 1. The summed E-state index contributed by atoms with van der Waals surface area (Å²) in [6.45, 7) is 4.82. The van der Waals surface area contributed by atoms with Gasteiger partial charge in [0, 0.05) is 53.2 Å². The maximum atomic E-state index is 12.9. The number of nitrogens with one attached hydrogen (secondary N) is 1. The van der Waals surface area contributed by atoms with Gasteiger partial charge in [0.05, 0.1) is 5.75 Å². The van der Waals surface area contributed by atoms with Crippen molar-refractivity contribution in [3.63, 3.8) is 0 Å². The minimum Gasteiger partial charge on any atom is -0.411 e. The monoisotopic (exact) mass is 591 g/mol. The van der Waals surface area contributed by atoms with E-state index in [0.717, 1.165) is 39.9 Å². The van der Waals surface area contributed by atoms with Crippen molar-refractivity contribution in [1.82, 2.24) is 15.1 Å². The summed E-state index contributed by atoms with van der Waals surface area (Å²) in [5.74, 6) is 0.487. The summed E-state index contributed by atoms with van der Waals surface area (Å²) in [5, 5.41) is 11.3. The topological polar surface area (TPSA) is 91.6 Å². The van der Waals surface area contributed by atoms with Crippen LogP contribution >= 0.6 is 27.7 Å². The number of hydrogen-bond acceptors (Lipinski definition) is 7. The number of anilines is 2. The number of halogens is 1. The van der Waals surface area contributed by atoms with Crippen molar-refractivity contribution in [1.29, 1.82) is 0 Å². The average molecular weight is 593 g/mol. The lowest BCUT2D eigenvalue weighted by Gasteiger charge is -2.36. The summed E-state index contributed by atoms with van der Waals surface area (Å²) in [7, 11) is 0. The van der Waals surface area contributed by atoms with E-state index in [0.29, 0.717) is 29.9 Å². The molecule has 8 nitrogen and oxygen atoms in total. The zero-order chi connectivity index (χ0) is 26.5. The lowest BCUT2D eigenvalue weighted by atomic mass is 10.1. The largest absolute Gasteiger partial charge is 0.411 e. The van der Waals surface area contributed by atoms with E-state index in [2.05, 4.69) is 36.3 Å². The van der Waals surface area contributed by atoms with Crippen molar-refractivity contribution < 1.29 is 14.0 Å². The van der Waals surface area contributed by atoms with E-state index in [1.807, 2.05) is 84.6 Å². The molecular weight excluding hydrogens is 566 g/mol. The zero-order valence-electron chi connectivity index (χ0n) is 20.8. The molecule has 1 saturated heterocycles. The molecule has 0 bridgehead atoms. The number of aromatic nitrogens is 2. The molecule has 0 spiro atoms.